The molecule has 4 nitrogen and oxygen atoms in total. The number of hydrogen-bond donors (Lipinski definition) is 2. The molecule has 1 aliphatic rings. The number of ether oxygens (including phenoxy) is 1. The quantitative estimate of drug-likeness (QED) is 0.436. The van der Waals surface area contributed by atoms with Gasteiger partial charge in [-0.2, -0.15) is 0 Å². The maximum atomic E-state index is 12.7. The number of hydrogen-bond acceptors (Lipinski definition) is 4. The number of esters is 1. The lowest BCUT2D eigenvalue weighted by Gasteiger charge is -2.36. The van der Waals surface area contributed by atoms with E-state index in [2.05, 4.69) is 5.32 Å². The van der Waals surface area contributed by atoms with E-state index in [1.165, 1.54) is 6.42 Å². The molecule has 0 bridgehead atoms. The Bertz CT molecular complexity index is 523. The Morgan fingerprint density at radius 3 is 2.62 bits per heavy atom. The maximum Gasteiger partial charge on any atom is 0.343 e. The fourth-order valence-corrected chi connectivity index (χ4v) is 3.35. The largest absolute Gasteiger partial charge is 0.459 e. The summed E-state index contributed by atoms with van der Waals surface area (Å²) in [6.45, 7) is 3.88. The minimum Gasteiger partial charge on any atom is -0.459 e. The van der Waals surface area contributed by atoms with Crippen LogP contribution in [0.2, 0.25) is 0 Å². The summed E-state index contributed by atoms with van der Waals surface area (Å²) in [6.07, 6.45) is 8.73. The molecule has 1 aromatic carbocycles. The molecule has 0 saturated heterocycles. The van der Waals surface area contributed by atoms with Gasteiger partial charge in [0.25, 0.3) is 0 Å². The van der Waals surface area contributed by atoms with Crippen LogP contribution in [0.3, 0.4) is 0 Å². The van der Waals surface area contributed by atoms with E-state index in [9.17, 15) is 9.90 Å². The zero-order valence-electron chi connectivity index (χ0n) is 14.5. The van der Waals surface area contributed by atoms with Gasteiger partial charge in [0.05, 0.1) is 0 Å². The summed E-state index contributed by atoms with van der Waals surface area (Å²) >= 11 is 0. The van der Waals surface area contributed by atoms with Crippen LogP contribution < -0.4 is 5.32 Å². The van der Waals surface area contributed by atoms with Crippen LogP contribution in [0.25, 0.3) is 0 Å². The number of likely N-dealkylation sites (N-methyl/N-ethyl adjacent to an activating group) is 1. The summed E-state index contributed by atoms with van der Waals surface area (Å²) in [5.74, 6) is -0.611. The van der Waals surface area contributed by atoms with E-state index in [1.807, 2.05) is 49.4 Å². The molecule has 2 rings (SSSR count). The first-order valence-electron chi connectivity index (χ1n) is 9.00. The van der Waals surface area contributed by atoms with Gasteiger partial charge >= 0.3 is 5.97 Å². The van der Waals surface area contributed by atoms with Crippen molar-refractivity contribution in [1.82, 2.24) is 5.32 Å². The summed E-state index contributed by atoms with van der Waals surface area (Å²) in [6, 6.07) is 9.23. The third-order valence-electron chi connectivity index (χ3n) is 4.71. The summed E-state index contributed by atoms with van der Waals surface area (Å²) in [4.78, 5) is 12.7. The van der Waals surface area contributed by atoms with Crippen LogP contribution >= 0.6 is 0 Å². The maximum absolute atomic E-state index is 12.7. The first kappa shape index (κ1) is 18.7. The minimum absolute atomic E-state index is 0.0770. The van der Waals surface area contributed by atoms with Gasteiger partial charge < -0.3 is 15.2 Å². The van der Waals surface area contributed by atoms with Crippen molar-refractivity contribution in [2.75, 3.05) is 19.7 Å². The lowest BCUT2D eigenvalue weighted by molar-refractivity contribution is -0.174. The van der Waals surface area contributed by atoms with E-state index in [1.54, 1.807) is 0 Å². The molecule has 24 heavy (non-hydrogen) atoms. The van der Waals surface area contributed by atoms with Crippen molar-refractivity contribution in [2.24, 2.45) is 5.92 Å². The molecule has 0 amide bonds. The molecule has 0 heterocycles. The van der Waals surface area contributed by atoms with Gasteiger partial charge in [-0.25, -0.2) is 4.79 Å². The summed E-state index contributed by atoms with van der Waals surface area (Å²) in [7, 11) is 0. The molecule has 1 atom stereocenters. The van der Waals surface area contributed by atoms with Crippen molar-refractivity contribution in [3.63, 3.8) is 0 Å². The van der Waals surface area contributed by atoms with Gasteiger partial charge in [0.15, 0.2) is 5.60 Å². The van der Waals surface area contributed by atoms with E-state index < -0.39 is 11.6 Å². The van der Waals surface area contributed by atoms with Crippen molar-refractivity contribution in [2.45, 2.75) is 44.6 Å². The van der Waals surface area contributed by atoms with Gasteiger partial charge in [-0.15, -0.1) is 0 Å². The Labute approximate surface area is 144 Å². The Kier molecular flexibility index (Phi) is 7.47. The SMILES string of the molecule is CCNCC=CCOC(=O)[C@@](O)(c1ccccc1)C1CCCCC1. The number of nitrogens with one attached hydrogen (secondary N) is 1. The number of benzene rings is 1. The van der Waals surface area contributed by atoms with E-state index in [0.29, 0.717) is 5.56 Å². The third-order valence-corrected chi connectivity index (χ3v) is 4.71. The van der Waals surface area contributed by atoms with Crippen molar-refractivity contribution >= 4 is 5.97 Å². The average Bonchev–Trinajstić information content (AvgIpc) is 2.65. The zero-order valence-corrected chi connectivity index (χ0v) is 14.5. The predicted octanol–water partition coefficient (Wildman–Crippen LogP) is 3.16. The molecule has 1 aromatic rings. The molecular formula is C20H29NO3. The fraction of sp³-hybridized carbons (Fsp3) is 0.550. The van der Waals surface area contributed by atoms with E-state index in [4.69, 9.17) is 4.74 Å². The Balaban J connectivity index is 2.07. The normalized spacial score (nSPS) is 18.4. The topological polar surface area (TPSA) is 58.6 Å². The van der Waals surface area contributed by atoms with Crippen molar-refractivity contribution in [1.29, 1.82) is 0 Å². The molecule has 0 radical (unpaired) electrons. The van der Waals surface area contributed by atoms with Gasteiger partial charge in [-0.05, 0) is 31.0 Å². The molecule has 1 fully saturated rings. The standard InChI is InChI=1S/C20H29NO3/c1-2-21-15-9-10-16-24-19(22)20(23,17-11-5-3-6-12-17)18-13-7-4-8-14-18/h3,5-6,9-12,18,21,23H,2,4,7-8,13-16H2,1H3/t20-/m1/s1. The highest BCUT2D eigenvalue weighted by atomic mass is 16.5. The van der Waals surface area contributed by atoms with E-state index >= 15 is 0 Å². The lowest BCUT2D eigenvalue weighted by atomic mass is 9.73. The fourth-order valence-electron chi connectivity index (χ4n) is 3.35. The van der Waals surface area contributed by atoms with Crippen LogP contribution in [0.15, 0.2) is 42.5 Å². The molecule has 1 aliphatic carbocycles. The second-order valence-electron chi connectivity index (χ2n) is 6.34. The Hall–Kier alpha value is -1.65. The monoisotopic (exact) mass is 331 g/mol. The van der Waals surface area contributed by atoms with Crippen LogP contribution in [0, 0.1) is 5.92 Å². The van der Waals surface area contributed by atoms with Crippen LogP contribution in [0.1, 0.15) is 44.6 Å². The molecule has 0 spiro atoms. The van der Waals surface area contributed by atoms with Gasteiger partial charge in [-0.3, -0.25) is 0 Å². The smallest absolute Gasteiger partial charge is 0.343 e. The Morgan fingerprint density at radius 2 is 1.96 bits per heavy atom. The van der Waals surface area contributed by atoms with Crippen molar-refractivity contribution < 1.29 is 14.6 Å². The van der Waals surface area contributed by atoms with Gasteiger partial charge in [0.2, 0.25) is 0 Å². The minimum atomic E-state index is -1.54. The third kappa shape index (κ3) is 4.68. The first-order valence-corrected chi connectivity index (χ1v) is 9.00. The van der Waals surface area contributed by atoms with Crippen LogP contribution in [-0.2, 0) is 15.1 Å². The number of rotatable bonds is 8. The average molecular weight is 331 g/mol. The molecule has 0 aromatic heterocycles. The zero-order chi connectivity index (χ0) is 17.3. The van der Waals surface area contributed by atoms with Crippen molar-refractivity contribution in [3.05, 3.63) is 48.0 Å². The molecular weight excluding hydrogens is 302 g/mol. The number of aliphatic hydroxyl groups is 1. The number of carbonyl (C=O) groups is 1. The summed E-state index contributed by atoms with van der Waals surface area (Å²) < 4.78 is 5.39. The molecule has 0 aliphatic heterocycles. The highest BCUT2D eigenvalue weighted by Gasteiger charge is 2.46. The molecule has 0 unspecified atom stereocenters. The predicted molar refractivity (Wildman–Crippen MR) is 95.6 cm³/mol. The lowest BCUT2D eigenvalue weighted by Crippen LogP contribution is -2.45. The van der Waals surface area contributed by atoms with Crippen LogP contribution in [-0.4, -0.2) is 30.8 Å². The second kappa shape index (κ2) is 9.60. The van der Waals surface area contributed by atoms with Gasteiger partial charge in [0, 0.05) is 12.5 Å². The highest BCUT2D eigenvalue weighted by molar-refractivity contribution is 5.81. The first-order chi connectivity index (χ1) is 11.7. The second-order valence-corrected chi connectivity index (χ2v) is 6.34. The van der Waals surface area contributed by atoms with Crippen molar-refractivity contribution in [3.8, 4) is 0 Å². The summed E-state index contributed by atoms with van der Waals surface area (Å²) in [5, 5.41) is 14.5. The molecule has 4 heteroatoms. The van der Waals surface area contributed by atoms with Crippen LogP contribution in [0.5, 0.6) is 0 Å². The van der Waals surface area contributed by atoms with E-state index in [-0.39, 0.29) is 12.5 Å². The molecule has 1 saturated carbocycles. The van der Waals surface area contributed by atoms with E-state index in [0.717, 1.165) is 38.8 Å². The number of carbonyl (C=O) groups excluding carboxylic acids is 1. The Morgan fingerprint density at radius 1 is 1.25 bits per heavy atom. The molecule has 132 valence electrons. The van der Waals surface area contributed by atoms with Gasteiger partial charge in [0.1, 0.15) is 6.61 Å². The van der Waals surface area contributed by atoms with Gasteiger partial charge in [-0.1, -0.05) is 62.6 Å². The van der Waals surface area contributed by atoms with Crippen LogP contribution in [0.4, 0.5) is 0 Å². The summed E-state index contributed by atoms with van der Waals surface area (Å²) in [5.41, 5.74) is -0.907. The molecule has 2 N–H and O–H groups in total. The highest BCUT2D eigenvalue weighted by Crippen LogP contribution is 2.40.